The second-order valence-corrected chi connectivity index (χ2v) is 9.64. The first-order valence-electron chi connectivity index (χ1n) is 11.2. The number of nitrogens with one attached hydrogen (secondary N) is 2. The van der Waals surface area contributed by atoms with Crippen LogP contribution in [0.4, 0.5) is 29.3 Å². The molecule has 8 nitrogen and oxygen atoms in total. The lowest BCUT2D eigenvalue weighted by Gasteiger charge is -2.31. The number of amidine groups is 1. The Balaban J connectivity index is 1.29. The van der Waals surface area contributed by atoms with Gasteiger partial charge in [-0.2, -0.15) is 17.1 Å². The van der Waals surface area contributed by atoms with Gasteiger partial charge in [0.1, 0.15) is 5.82 Å². The van der Waals surface area contributed by atoms with Gasteiger partial charge in [-0.05, 0) is 64.7 Å². The van der Waals surface area contributed by atoms with E-state index < -0.39 is 12.4 Å². The zero-order chi connectivity index (χ0) is 26.5. The monoisotopic (exact) mass is 688 g/mol. The molecule has 1 aromatic heterocycles. The molecule has 13 heteroatoms. The largest absolute Gasteiger partial charge is 0.337 e. The van der Waals surface area contributed by atoms with Crippen molar-refractivity contribution in [1.82, 2.24) is 14.7 Å². The van der Waals surface area contributed by atoms with Crippen molar-refractivity contribution < 1.29 is 22.8 Å². The minimum Gasteiger partial charge on any atom is -0.337 e. The van der Waals surface area contributed by atoms with Crippen LogP contribution in [0.2, 0.25) is 0 Å². The molecular formula is C24H21BrF3IN6O2. The van der Waals surface area contributed by atoms with Gasteiger partial charge in [-0.15, -0.1) is 0 Å². The summed E-state index contributed by atoms with van der Waals surface area (Å²) in [5, 5.41) is 9.39. The molecule has 3 aromatic rings. The van der Waals surface area contributed by atoms with Crippen LogP contribution in [-0.4, -0.2) is 45.4 Å². The first kappa shape index (κ1) is 27.1. The predicted octanol–water partition coefficient (Wildman–Crippen LogP) is 6.52. The van der Waals surface area contributed by atoms with Gasteiger partial charge in [0, 0.05) is 42.1 Å². The van der Waals surface area contributed by atoms with E-state index >= 15 is 0 Å². The summed E-state index contributed by atoms with van der Waals surface area (Å²) in [6.07, 6.45) is 3.56. The molecule has 0 unspecified atom stereocenters. The molecule has 37 heavy (non-hydrogen) atoms. The van der Waals surface area contributed by atoms with Crippen LogP contribution >= 0.6 is 38.8 Å². The summed E-state index contributed by atoms with van der Waals surface area (Å²) in [4.78, 5) is 27.4. The van der Waals surface area contributed by atoms with Crippen molar-refractivity contribution in [2.75, 3.05) is 23.7 Å². The van der Waals surface area contributed by atoms with Crippen molar-refractivity contribution in [1.29, 1.82) is 0 Å². The zero-order valence-corrected chi connectivity index (χ0v) is 22.9. The fourth-order valence-electron chi connectivity index (χ4n) is 3.92. The van der Waals surface area contributed by atoms with E-state index in [9.17, 15) is 22.8 Å². The number of nitrogens with zero attached hydrogens (tertiary/aromatic N) is 4. The highest BCUT2D eigenvalue weighted by molar-refractivity contribution is 14.1. The lowest BCUT2D eigenvalue weighted by Crippen LogP contribution is -2.44. The second-order valence-electron chi connectivity index (χ2n) is 8.31. The third-order valence-electron chi connectivity index (χ3n) is 5.92. The molecule has 0 atom stereocenters. The minimum atomic E-state index is -2.71. The van der Waals surface area contributed by atoms with Crippen LogP contribution in [0.25, 0.3) is 11.1 Å². The van der Waals surface area contributed by atoms with Gasteiger partial charge in [0.2, 0.25) is 5.78 Å². The van der Waals surface area contributed by atoms with Crippen molar-refractivity contribution in [3.05, 3.63) is 65.1 Å². The average molecular weight is 689 g/mol. The van der Waals surface area contributed by atoms with E-state index in [-0.39, 0.29) is 28.0 Å². The molecule has 2 aromatic carbocycles. The summed E-state index contributed by atoms with van der Waals surface area (Å²) in [5.41, 5.74) is 2.32. The number of Topliss-reactive ketones (excluding diaryl/α,β-unsaturated/α-hetero) is 1. The van der Waals surface area contributed by atoms with Crippen LogP contribution in [-0.2, 0) is 4.79 Å². The number of likely N-dealkylation sites (tertiary alicyclic amines) is 1. The molecule has 0 radical (unpaired) electrons. The Labute approximate surface area is 232 Å². The number of carbonyl (C=O) groups excluding carboxylic acids is 2. The maximum absolute atomic E-state index is 13.5. The summed E-state index contributed by atoms with van der Waals surface area (Å²) in [6.45, 7) is -1.92. The summed E-state index contributed by atoms with van der Waals surface area (Å²) >= 11 is 4.87. The summed E-state index contributed by atoms with van der Waals surface area (Å²) in [7, 11) is 0. The van der Waals surface area contributed by atoms with E-state index in [1.807, 2.05) is 0 Å². The number of alkyl halides is 2. The number of piperidine rings is 1. The van der Waals surface area contributed by atoms with Gasteiger partial charge >= 0.3 is 12.6 Å². The first-order chi connectivity index (χ1) is 17.7. The second kappa shape index (κ2) is 12.1. The highest BCUT2D eigenvalue weighted by atomic mass is 127. The molecule has 1 aliphatic heterocycles. The number of aromatic nitrogens is 2. The predicted molar refractivity (Wildman–Crippen MR) is 146 cm³/mol. The lowest BCUT2D eigenvalue weighted by molar-refractivity contribution is -0.117. The Morgan fingerprint density at radius 1 is 1.05 bits per heavy atom. The van der Waals surface area contributed by atoms with E-state index in [0.29, 0.717) is 53.1 Å². The molecule has 0 aliphatic carbocycles. The lowest BCUT2D eigenvalue weighted by atomic mass is 9.92. The van der Waals surface area contributed by atoms with E-state index in [2.05, 4.69) is 34.9 Å². The number of hydrogen-bond acceptors (Lipinski definition) is 4. The van der Waals surface area contributed by atoms with E-state index in [0.717, 1.165) is 0 Å². The minimum absolute atomic E-state index is 0.166. The number of ketones is 1. The highest BCUT2D eigenvalue weighted by Gasteiger charge is 2.30. The average Bonchev–Trinajstić information content (AvgIpc) is 3.40. The van der Waals surface area contributed by atoms with Gasteiger partial charge in [0.15, 0.2) is 5.84 Å². The van der Waals surface area contributed by atoms with Crippen LogP contribution in [0, 0.1) is 11.7 Å². The van der Waals surface area contributed by atoms with Crippen LogP contribution in [0.15, 0.2) is 62.5 Å². The smallest absolute Gasteiger partial charge is 0.333 e. The van der Waals surface area contributed by atoms with E-state index in [1.54, 1.807) is 52.0 Å². The van der Waals surface area contributed by atoms with Crippen molar-refractivity contribution in [2.45, 2.75) is 19.4 Å². The molecular weight excluding hydrogens is 668 g/mol. The topological polar surface area (TPSA) is 91.6 Å². The molecule has 1 aliphatic rings. The van der Waals surface area contributed by atoms with Gasteiger partial charge in [0.25, 0.3) is 0 Å². The Morgan fingerprint density at radius 3 is 2.32 bits per heavy atom. The van der Waals surface area contributed by atoms with Gasteiger partial charge in [-0.1, -0.05) is 12.1 Å². The number of rotatable bonds is 6. The van der Waals surface area contributed by atoms with Gasteiger partial charge in [-0.25, -0.2) is 13.9 Å². The summed E-state index contributed by atoms with van der Waals surface area (Å²) < 4.78 is 43.8. The van der Waals surface area contributed by atoms with Crippen molar-refractivity contribution in [2.24, 2.45) is 9.12 Å². The normalized spacial score (nSPS) is 14.6. The van der Waals surface area contributed by atoms with Crippen molar-refractivity contribution in [3.63, 3.8) is 0 Å². The van der Waals surface area contributed by atoms with Crippen molar-refractivity contribution >= 4 is 67.8 Å². The maximum atomic E-state index is 13.5. The Bertz CT molecular complexity index is 1310. The molecule has 0 bridgehead atoms. The Hall–Kier alpha value is -2.94. The van der Waals surface area contributed by atoms with Gasteiger partial charge < -0.3 is 15.5 Å². The third-order valence-corrected chi connectivity index (χ3v) is 7.01. The number of amides is 2. The fourth-order valence-corrected chi connectivity index (χ4v) is 4.65. The molecule has 0 spiro atoms. The van der Waals surface area contributed by atoms with Crippen LogP contribution in [0.1, 0.15) is 19.4 Å². The molecule has 4 rings (SSSR count). The van der Waals surface area contributed by atoms with Crippen LogP contribution in [0.3, 0.4) is 0 Å². The molecule has 1 fully saturated rings. The number of urea groups is 1. The summed E-state index contributed by atoms with van der Waals surface area (Å²) in [6, 6.07) is 10.8. The fraction of sp³-hybridized carbons (Fsp3) is 0.250. The number of anilines is 2. The molecule has 2 heterocycles. The quantitative estimate of drug-likeness (QED) is 0.175. The van der Waals surface area contributed by atoms with E-state index in [4.69, 9.17) is 0 Å². The highest BCUT2D eigenvalue weighted by Crippen LogP contribution is 2.25. The molecule has 1 saturated heterocycles. The Kier molecular flexibility index (Phi) is 8.84. The van der Waals surface area contributed by atoms with E-state index in [1.165, 1.54) is 30.6 Å². The first-order valence-corrected chi connectivity index (χ1v) is 12.9. The Morgan fingerprint density at radius 2 is 1.73 bits per heavy atom. The van der Waals surface area contributed by atoms with Crippen LogP contribution < -0.4 is 10.6 Å². The SMILES string of the molecule is O=C(C(=NI)Nc1ccc(F)c(Br)c1)C1CCN(C(=O)Nc2ccc(-c3cnn(C(F)F)c3)cc2)CC1. The maximum Gasteiger partial charge on any atom is 0.333 e. The van der Waals surface area contributed by atoms with Gasteiger partial charge in [0.05, 0.1) is 33.5 Å². The van der Waals surface area contributed by atoms with Gasteiger partial charge in [-0.3, -0.25) is 4.79 Å². The molecule has 2 amide bonds. The zero-order valence-electron chi connectivity index (χ0n) is 19.2. The number of benzene rings is 2. The van der Waals surface area contributed by atoms with Crippen LogP contribution in [0.5, 0.6) is 0 Å². The number of carbonyl (C=O) groups is 2. The number of hydrogen-bond donors (Lipinski definition) is 2. The summed E-state index contributed by atoms with van der Waals surface area (Å²) in [5.74, 6) is -0.711. The molecule has 0 saturated carbocycles. The standard InChI is InChI=1S/C24H21BrF3IN6O2/c25-19-11-18(5-6-20(19)26)31-22(33-29)21(36)15-7-9-34(10-8-15)24(37)32-17-3-1-14(2-4-17)16-12-30-35(13-16)23(27)28/h1-6,11-13,15,23H,7-10H2,(H,31,33)(H,32,37). The molecule has 194 valence electrons. The molecule has 2 N–H and O–H groups in total. The van der Waals surface area contributed by atoms with Crippen molar-refractivity contribution in [3.8, 4) is 11.1 Å². The third kappa shape index (κ3) is 6.69. The number of halogens is 5.